The van der Waals surface area contributed by atoms with Crippen molar-refractivity contribution in [1.82, 2.24) is 4.98 Å². The van der Waals surface area contributed by atoms with Crippen molar-refractivity contribution in [2.75, 3.05) is 18.0 Å². The van der Waals surface area contributed by atoms with E-state index in [4.69, 9.17) is 4.42 Å². The summed E-state index contributed by atoms with van der Waals surface area (Å²) in [4.78, 5) is 16.1. The molecule has 1 fully saturated rings. The van der Waals surface area contributed by atoms with E-state index in [0.717, 1.165) is 11.6 Å². The molecule has 2 aromatic carbocycles. The zero-order valence-electron chi connectivity index (χ0n) is 14.6. The van der Waals surface area contributed by atoms with Crippen molar-refractivity contribution in [3.63, 3.8) is 0 Å². The summed E-state index contributed by atoms with van der Waals surface area (Å²) in [5.74, 6) is 0.622. The first-order valence-corrected chi connectivity index (χ1v) is 8.79. The van der Waals surface area contributed by atoms with E-state index in [2.05, 4.69) is 4.98 Å². The first-order chi connectivity index (χ1) is 13.3. The number of nitro groups is 1. The Morgan fingerprint density at radius 1 is 1.14 bits per heavy atom. The molecule has 1 aliphatic rings. The molecule has 9 heteroatoms. The average molecular weight is 391 g/mol. The number of aromatic nitrogens is 1. The van der Waals surface area contributed by atoms with Crippen molar-refractivity contribution in [3.05, 3.63) is 64.0 Å². The second kappa shape index (κ2) is 6.81. The summed E-state index contributed by atoms with van der Waals surface area (Å²) in [6.45, 7) is 0.758. The topological polar surface area (TPSA) is 72.4 Å². The zero-order valence-corrected chi connectivity index (χ0v) is 14.6. The second-order valence-corrected chi connectivity index (χ2v) is 6.74. The molecule has 0 spiro atoms. The fraction of sp³-hybridized carbons (Fsp3) is 0.316. The summed E-state index contributed by atoms with van der Waals surface area (Å²) in [7, 11) is 0. The molecule has 6 nitrogen and oxygen atoms in total. The third-order valence-corrected chi connectivity index (χ3v) is 4.99. The number of benzene rings is 2. The highest BCUT2D eigenvalue weighted by atomic mass is 19.4. The van der Waals surface area contributed by atoms with Gasteiger partial charge in [0.15, 0.2) is 11.5 Å². The number of piperidine rings is 1. The average Bonchev–Trinajstić information content (AvgIpc) is 3.11. The van der Waals surface area contributed by atoms with Gasteiger partial charge in [0.05, 0.1) is 10.5 Å². The molecule has 0 atom stereocenters. The van der Waals surface area contributed by atoms with Crippen LogP contribution in [0.4, 0.5) is 24.5 Å². The van der Waals surface area contributed by atoms with Gasteiger partial charge in [0, 0.05) is 36.8 Å². The van der Waals surface area contributed by atoms with Crippen LogP contribution in [-0.2, 0) is 6.18 Å². The lowest BCUT2D eigenvalue weighted by Crippen LogP contribution is -2.34. The van der Waals surface area contributed by atoms with E-state index >= 15 is 0 Å². The number of hydrogen-bond acceptors (Lipinski definition) is 5. The van der Waals surface area contributed by atoms with E-state index in [9.17, 15) is 23.3 Å². The number of nitrogens with zero attached hydrogens (tertiary/aromatic N) is 3. The molecule has 0 amide bonds. The van der Waals surface area contributed by atoms with Crippen LogP contribution in [0.3, 0.4) is 0 Å². The van der Waals surface area contributed by atoms with Crippen molar-refractivity contribution in [2.45, 2.75) is 24.9 Å². The summed E-state index contributed by atoms with van der Waals surface area (Å²) >= 11 is 0. The van der Waals surface area contributed by atoms with Gasteiger partial charge in [0.1, 0.15) is 5.52 Å². The van der Waals surface area contributed by atoms with E-state index in [0.29, 0.717) is 43.5 Å². The van der Waals surface area contributed by atoms with E-state index < -0.39 is 22.4 Å². The number of oxazole rings is 1. The van der Waals surface area contributed by atoms with Crippen LogP contribution in [0.1, 0.15) is 30.2 Å². The molecule has 28 heavy (non-hydrogen) atoms. The van der Waals surface area contributed by atoms with Gasteiger partial charge >= 0.3 is 6.18 Å². The molecule has 4 rings (SSSR count). The number of fused-ring (bicyclic) bond motifs is 1. The summed E-state index contributed by atoms with van der Waals surface area (Å²) in [6.07, 6.45) is -3.50. The molecule has 0 radical (unpaired) electrons. The minimum absolute atomic E-state index is 0.0241. The summed E-state index contributed by atoms with van der Waals surface area (Å²) < 4.78 is 46.1. The molecule has 0 unspecified atom stereocenters. The minimum Gasteiger partial charge on any atom is -0.440 e. The smallest absolute Gasteiger partial charge is 0.418 e. The van der Waals surface area contributed by atoms with Gasteiger partial charge in [-0.25, -0.2) is 4.98 Å². The van der Waals surface area contributed by atoms with E-state index in [1.165, 1.54) is 6.07 Å². The molecule has 0 bridgehead atoms. The van der Waals surface area contributed by atoms with Crippen molar-refractivity contribution in [1.29, 1.82) is 0 Å². The van der Waals surface area contributed by atoms with Gasteiger partial charge in [0.25, 0.3) is 5.69 Å². The number of halogens is 3. The first kappa shape index (κ1) is 18.3. The standard InChI is InChI=1S/C19H16F3N3O3/c20-19(21,22)14-11-13(25(26)27)5-6-16(14)24-9-7-12(8-10-24)18-23-15-3-1-2-4-17(15)28-18/h1-6,11-12H,7-10H2. The molecule has 3 aromatic rings. The Morgan fingerprint density at radius 2 is 1.86 bits per heavy atom. The molecule has 0 aliphatic carbocycles. The maximum Gasteiger partial charge on any atom is 0.418 e. The van der Waals surface area contributed by atoms with Gasteiger partial charge in [-0.1, -0.05) is 12.1 Å². The first-order valence-electron chi connectivity index (χ1n) is 8.79. The number of nitro benzene ring substituents is 1. The lowest BCUT2D eigenvalue weighted by molar-refractivity contribution is -0.385. The number of anilines is 1. The lowest BCUT2D eigenvalue weighted by atomic mass is 9.95. The van der Waals surface area contributed by atoms with Crippen molar-refractivity contribution < 1.29 is 22.5 Å². The van der Waals surface area contributed by atoms with Crippen molar-refractivity contribution >= 4 is 22.5 Å². The fourth-order valence-corrected chi connectivity index (χ4v) is 3.57. The third kappa shape index (κ3) is 3.39. The molecule has 146 valence electrons. The van der Waals surface area contributed by atoms with E-state index in [1.807, 2.05) is 24.3 Å². The van der Waals surface area contributed by atoms with Gasteiger partial charge < -0.3 is 9.32 Å². The Balaban J connectivity index is 1.55. The Labute approximate surface area is 157 Å². The van der Waals surface area contributed by atoms with Crippen LogP contribution < -0.4 is 4.90 Å². The number of para-hydroxylation sites is 2. The molecule has 1 saturated heterocycles. The highest BCUT2D eigenvalue weighted by Gasteiger charge is 2.37. The summed E-state index contributed by atoms with van der Waals surface area (Å²) in [6, 6.07) is 10.3. The Morgan fingerprint density at radius 3 is 2.50 bits per heavy atom. The van der Waals surface area contributed by atoms with Crippen molar-refractivity contribution in [3.8, 4) is 0 Å². The minimum atomic E-state index is -4.67. The molecule has 2 heterocycles. The van der Waals surface area contributed by atoms with Crippen LogP contribution in [-0.4, -0.2) is 23.0 Å². The summed E-state index contributed by atoms with van der Waals surface area (Å²) in [5, 5.41) is 10.8. The molecule has 0 N–H and O–H groups in total. The van der Waals surface area contributed by atoms with Gasteiger partial charge in [-0.3, -0.25) is 10.1 Å². The maximum absolute atomic E-state index is 13.4. The van der Waals surface area contributed by atoms with E-state index in [1.54, 1.807) is 4.90 Å². The van der Waals surface area contributed by atoms with E-state index in [-0.39, 0.29) is 11.6 Å². The Hall–Kier alpha value is -3.10. The highest BCUT2D eigenvalue weighted by molar-refractivity contribution is 5.72. The number of alkyl halides is 3. The van der Waals surface area contributed by atoms with Gasteiger partial charge in [0.2, 0.25) is 0 Å². The molecule has 1 aromatic heterocycles. The fourth-order valence-electron chi connectivity index (χ4n) is 3.57. The predicted octanol–water partition coefficient (Wildman–Crippen LogP) is 5.14. The molecular formula is C19H16F3N3O3. The van der Waals surface area contributed by atoms with Gasteiger partial charge in [-0.2, -0.15) is 13.2 Å². The quantitative estimate of drug-likeness (QED) is 0.457. The molecule has 0 saturated carbocycles. The number of hydrogen-bond donors (Lipinski definition) is 0. The highest BCUT2D eigenvalue weighted by Crippen LogP contribution is 2.40. The van der Waals surface area contributed by atoms with Crippen LogP contribution in [0.5, 0.6) is 0 Å². The second-order valence-electron chi connectivity index (χ2n) is 6.74. The maximum atomic E-state index is 13.4. The van der Waals surface area contributed by atoms with Crippen LogP contribution in [0.2, 0.25) is 0 Å². The largest absolute Gasteiger partial charge is 0.440 e. The Bertz CT molecular complexity index is 991. The lowest BCUT2D eigenvalue weighted by Gasteiger charge is -2.33. The van der Waals surface area contributed by atoms with Crippen LogP contribution in [0.25, 0.3) is 11.1 Å². The number of rotatable bonds is 3. The number of non-ortho nitro benzene ring substituents is 1. The monoisotopic (exact) mass is 391 g/mol. The van der Waals surface area contributed by atoms with Crippen LogP contribution >= 0.6 is 0 Å². The predicted molar refractivity (Wildman–Crippen MR) is 96.3 cm³/mol. The zero-order chi connectivity index (χ0) is 19.9. The Kier molecular flexibility index (Phi) is 4.44. The molecule has 1 aliphatic heterocycles. The third-order valence-electron chi connectivity index (χ3n) is 4.99. The SMILES string of the molecule is O=[N+]([O-])c1ccc(N2CCC(c3nc4ccccc4o3)CC2)c(C(F)(F)F)c1. The normalized spacial score (nSPS) is 15.9. The van der Waals surface area contributed by atoms with Crippen molar-refractivity contribution in [2.24, 2.45) is 0 Å². The summed E-state index contributed by atoms with van der Waals surface area (Å²) in [5.41, 5.74) is -0.141. The molecular weight excluding hydrogens is 375 g/mol. The van der Waals surface area contributed by atoms with Gasteiger partial charge in [-0.15, -0.1) is 0 Å². The van der Waals surface area contributed by atoms with Gasteiger partial charge in [-0.05, 0) is 31.0 Å². The van der Waals surface area contributed by atoms with Crippen LogP contribution in [0.15, 0.2) is 46.9 Å². The van der Waals surface area contributed by atoms with Crippen LogP contribution in [0, 0.1) is 10.1 Å².